The molecular weight excluding hydrogens is 312 g/mol. The number of fused-ring (bicyclic) bond motifs is 5. The van der Waals surface area contributed by atoms with Crippen molar-refractivity contribution in [1.82, 2.24) is 0 Å². The number of thiophene rings is 1. The van der Waals surface area contributed by atoms with E-state index in [0.717, 1.165) is 5.56 Å². The Balaban J connectivity index is 1.97. The fourth-order valence-corrected chi connectivity index (χ4v) is 4.65. The summed E-state index contributed by atoms with van der Waals surface area (Å²) >= 11 is 1.86. The van der Waals surface area contributed by atoms with Crippen molar-refractivity contribution in [2.75, 3.05) is 0 Å². The quantitative estimate of drug-likeness (QED) is 0.369. The smallest absolute Gasteiger partial charge is 0.115 e. The van der Waals surface area contributed by atoms with Crippen molar-refractivity contribution >= 4 is 42.3 Å². The number of phenols is 1. The van der Waals surface area contributed by atoms with Gasteiger partial charge in [-0.1, -0.05) is 54.6 Å². The second-order valence-corrected chi connectivity index (χ2v) is 7.04. The molecular formula is C22H14OS. The minimum absolute atomic E-state index is 0.296. The monoisotopic (exact) mass is 326 g/mol. The molecule has 0 saturated heterocycles. The Labute approximate surface area is 143 Å². The first-order chi connectivity index (χ1) is 11.8. The average molecular weight is 326 g/mol. The summed E-state index contributed by atoms with van der Waals surface area (Å²) in [6.07, 6.45) is 0. The molecule has 1 heterocycles. The van der Waals surface area contributed by atoms with Crippen LogP contribution in [0.15, 0.2) is 78.9 Å². The minimum Gasteiger partial charge on any atom is -0.508 e. The molecule has 0 aliphatic rings. The van der Waals surface area contributed by atoms with Gasteiger partial charge in [0.1, 0.15) is 5.75 Å². The number of hydrogen-bond donors (Lipinski definition) is 1. The molecule has 0 radical (unpaired) electrons. The Morgan fingerprint density at radius 2 is 1.29 bits per heavy atom. The maximum Gasteiger partial charge on any atom is 0.115 e. The zero-order chi connectivity index (χ0) is 16.1. The van der Waals surface area contributed by atoms with Crippen molar-refractivity contribution in [3.63, 3.8) is 0 Å². The molecule has 24 heavy (non-hydrogen) atoms. The van der Waals surface area contributed by atoms with E-state index in [-0.39, 0.29) is 0 Å². The second-order valence-electron chi connectivity index (χ2n) is 5.99. The summed E-state index contributed by atoms with van der Waals surface area (Å²) in [4.78, 5) is 0. The molecule has 0 saturated carbocycles. The summed E-state index contributed by atoms with van der Waals surface area (Å²) in [6, 6.07) is 26.9. The van der Waals surface area contributed by atoms with Gasteiger partial charge in [-0.15, -0.1) is 11.3 Å². The van der Waals surface area contributed by atoms with Gasteiger partial charge in [0, 0.05) is 25.6 Å². The highest BCUT2D eigenvalue weighted by Gasteiger charge is 2.12. The number of benzene rings is 4. The zero-order valence-electron chi connectivity index (χ0n) is 12.9. The topological polar surface area (TPSA) is 20.2 Å². The minimum atomic E-state index is 0.296. The Kier molecular flexibility index (Phi) is 2.88. The van der Waals surface area contributed by atoms with Crippen LogP contribution in [0.25, 0.3) is 42.1 Å². The lowest BCUT2D eigenvalue weighted by Crippen LogP contribution is -1.82. The molecule has 5 aromatic rings. The Morgan fingerprint density at radius 3 is 2.08 bits per heavy atom. The molecule has 0 atom stereocenters. The van der Waals surface area contributed by atoms with Crippen LogP contribution >= 0.6 is 11.3 Å². The van der Waals surface area contributed by atoms with E-state index in [0.29, 0.717) is 5.75 Å². The Bertz CT molecular complexity index is 1200. The fraction of sp³-hybridized carbons (Fsp3) is 0. The third-order valence-corrected chi connectivity index (χ3v) is 5.78. The molecule has 1 aromatic heterocycles. The molecule has 0 spiro atoms. The van der Waals surface area contributed by atoms with Crippen molar-refractivity contribution in [1.29, 1.82) is 0 Å². The summed E-state index contributed by atoms with van der Waals surface area (Å²) in [5, 5.41) is 14.8. The van der Waals surface area contributed by atoms with Gasteiger partial charge in [0.25, 0.3) is 0 Å². The maximum absolute atomic E-state index is 9.60. The highest BCUT2D eigenvalue weighted by molar-refractivity contribution is 7.26. The van der Waals surface area contributed by atoms with Crippen molar-refractivity contribution in [2.45, 2.75) is 0 Å². The van der Waals surface area contributed by atoms with Crippen LogP contribution in [-0.2, 0) is 0 Å². The Morgan fingerprint density at radius 1 is 0.625 bits per heavy atom. The first-order valence-electron chi connectivity index (χ1n) is 7.94. The van der Waals surface area contributed by atoms with E-state index in [1.54, 1.807) is 12.1 Å². The summed E-state index contributed by atoms with van der Waals surface area (Å²) in [5.41, 5.74) is 2.34. The van der Waals surface area contributed by atoms with Gasteiger partial charge in [0.2, 0.25) is 0 Å². The van der Waals surface area contributed by atoms with Crippen LogP contribution in [0.2, 0.25) is 0 Å². The largest absolute Gasteiger partial charge is 0.508 e. The second kappa shape index (κ2) is 5.08. The van der Waals surface area contributed by atoms with Crippen LogP contribution in [0.5, 0.6) is 5.75 Å². The molecule has 0 aliphatic heterocycles. The van der Waals surface area contributed by atoms with E-state index >= 15 is 0 Å². The summed E-state index contributed by atoms with van der Waals surface area (Å²) in [5.74, 6) is 0.296. The van der Waals surface area contributed by atoms with Crippen molar-refractivity contribution in [3.05, 3.63) is 78.9 Å². The predicted octanol–water partition coefficient (Wildman–Crippen LogP) is 6.58. The van der Waals surface area contributed by atoms with E-state index in [2.05, 4.69) is 54.6 Å². The third kappa shape index (κ3) is 1.93. The van der Waals surface area contributed by atoms with E-state index in [9.17, 15) is 5.11 Å². The van der Waals surface area contributed by atoms with E-state index in [4.69, 9.17) is 0 Å². The van der Waals surface area contributed by atoms with Gasteiger partial charge in [-0.3, -0.25) is 0 Å². The van der Waals surface area contributed by atoms with Crippen LogP contribution < -0.4 is 0 Å². The molecule has 114 valence electrons. The number of hydrogen-bond acceptors (Lipinski definition) is 2. The zero-order valence-corrected chi connectivity index (χ0v) is 13.7. The number of phenolic OH excluding ortho intramolecular Hbond substituents is 1. The lowest BCUT2D eigenvalue weighted by molar-refractivity contribution is 0.475. The van der Waals surface area contributed by atoms with Crippen LogP contribution in [0.4, 0.5) is 0 Å². The summed E-state index contributed by atoms with van der Waals surface area (Å²) in [7, 11) is 0. The molecule has 0 aliphatic carbocycles. The standard InChI is InChI=1S/C22H14OS/c23-15-11-9-14(10-12-15)19-13-20-17-6-3-4-8-21(17)24-22(20)18-7-2-1-5-16(18)19/h1-13,23H. The van der Waals surface area contributed by atoms with Crippen LogP contribution in [0.1, 0.15) is 0 Å². The molecule has 0 unspecified atom stereocenters. The van der Waals surface area contributed by atoms with Crippen molar-refractivity contribution < 1.29 is 5.11 Å². The summed E-state index contributed by atoms with van der Waals surface area (Å²) in [6.45, 7) is 0. The molecule has 0 amide bonds. The van der Waals surface area contributed by atoms with Crippen LogP contribution in [-0.4, -0.2) is 5.11 Å². The van der Waals surface area contributed by atoms with Crippen LogP contribution in [0, 0.1) is 0 Å². The lowest BCUT2D eigenvalue weighted by atomic mass is 9.95. The van der Waals surface area contributed by atoms with Gasteiger partial charge in [-0.2, -0.15) is 0 Å². The first-order valence-corrected chi connectivity index (χ1v) is 8.75. The third-order valence-electron chi connectivity index (χ3n) is 4.56. The van der Waals surface area contributed by atoms with E-state index in [1.165, 1.54) is 36.5 Å². The molecule has 4 aromatic carbocycles. The SMILES string of the molecule is Oc1ccc(-c2cc3c4ccccc4sc3c3ccccc23)cc1. The average Bonchev–Trinajstić information content (AvgIpc) is 3.01. The predicted molar refractivity (Wildman–Crippen MR) is 104 cm³/mol. The number of aromatic hydroxyl groups is 1. The van der Waals surface area contributed by atoms with Crippen molar-refractivity contribution in [2.24, 2.45) is 0 Å². The maximum atomic E-state index is 9.60. The van der Waals surface area contributed by atoms with Crippen molar-refractivity contribution in [3.8, 4) is 16.9 Å². The Hall–Kier alpha value is -2.84. The number of rotatable bonds is 1. The fourth-order valence-electron chi connectivity index (χ4n) is 3.43. The van der Waals surface area contributed by atoms with Gasteiger partial charge in [0.15, 0.2) is 0 Å². The molecule has 0 bridgehead atoms. The first kappa shape index (κ1) is 13.6. The molecule has 5 rings (SSSR count). The molecule has 0 fully saturated rings. The lowest BCUT2D eigenvalue weighted by Gasteiger charge is -2.09. The molecule has 1 N–H and O–H groups in total. The van der Waals surface area contributed by atoms with E-state index in [1.807, 2.05) is 23.5 Å². The highest BCUT2D eigenvalue weighted by atomic mass is 32.1. The molecule has 1 nitrogen and oxygen atoms in total. The normalized spacial score (nSPS) is 11.5. The summed E-state index contributed by atoms with van der Waals surface area (Å²) < 4.78 is 2.66. The molecule has 2 heteroatoms. The van der Waals surface area contributed by atoms with Gasteiger partial charge in [0.05, 0.1) is 0 Å². The highest BCUT2D eigenvalue weighted by Crippen LogP contribution is 2.42. The van der Waals surface area contributed by atoms with Gasteiger partial charge in [-0.25, -0.2) is 0 Å². The van der Waals surface area contributed by atoms with Gasteiger partial charge >= 0.3 is 0 Å². The van der Waals surface area contributed by atoms with Crippen LogP contribution in [0.3, 0.4) is 0 Å². The van der Waals surface area contributed by atoms with E-state index < -0.39 is 0 Å². The van der Waals surface area contributed by atoms with Gasteiger partial charge in [-0.05, 0) is 40.8 Å². The van der Waals surface area contributed by atoms with Gasteiger partial charge < -0.3 is 5.11 Å².